The maximum Gasteiger partial charge on any atom is 0.325 e. The standard InChI is InChI=1S/C19H24N4O6/c20-14(10-27-8-12-4-2-1-3-5-12)19(26)28-9-13-6-7-15(29-13)23-11-22-16(17(21)24)18(23)25/h1-5,11,13-15,25H,6-10,20H2,(H2,21,24)/t13-,14-,15+/m0/s1. The normalized spacial score (nSPS) is 19.8. The Morgan fingerprint density at radius 2 is 2.07 bits per heavy atom. The summed E-state index contributed by atoms with van der Waals surface area (Å²) >= 11 is 0. The van der Waals surface area contributed by atoms with Crippen LogP contribution in [0.2, 0.25) is 0 Å². The Hall–Kier alpha value is -2.95. The van der Waals surface area contributed by atoms with E-state index >= 15 is 0 Å². The Bertz CT molecular complexity index is 840. The van der Waals surface area contributed by atoms with Gasteiger partial charge in [-0.05, 0) is 18.4 Å². The molecule has 1 aliphatic rings. The number of hydrogen-bond acceptors (Lipinski definition) is 8. The van der Waals surface area contributed by atoms with Crippen LogP contribution in [0.4, 0.5) is 0 Å². The third-order valence-electron chi connectivity index (χ3n) is 4.52. The van der Waals surface area contributed by atoms with Gasteiger partial charge in [-0.2, -0.15) is 0 Å². The summed E-state index contributed by atoms with van der Waals surface area (Å²) in [6, 6.07) is 8.66. The minimum absolute atomic E-state index is 0.0276. The molecule has 0 bridgehead atoms. The van der Waals surface area contributed by atoms with Crippen molar-refractivity contribution in [1.29, 1.82) is 0 Å². The van der Waals surface area contributed by atoms with Gasteiger partial charge in [0, 0.05) is 0 Å². The summed E-state index contributed by atoms with van der Waals surface area (Å²) in [5.74, 6) is -1.75. The van der Waals surface area contributed by atoms with Crippen LogP contribution in [0.15, 0.2) is 36.7 Å². The van der Waals surface area contributed by atoms with E-state index < -0.39 is 24.1 Å². The number of hydrogen-bond donors (Lipinski definition) is 3. The third-order valence-corrected chi connectivity index (χ3v) is 4.52. The quantitative estimate of drug-likeness (QED) is 0.510. The zero-order valence-electron chi connectivity index (χ0n) is 15.8. The Kier molecular flexibility index (Phi) is 6.81. The molecule has 3 atom stereocenters. The van der Waals surface area contributed by atoms with Crippen LogP contribution in [-0.2, 0) is 25.6 Å². The largest absolute Gasteiger partial charge is 0.493 e. The molecule has 156 valence electrons. The van der Waals surface area contributed by atoms with Gasteiger partial charge in [-0.15, -0.1) is 0 Å². The van der Waals surface area contributed by atoms with Crippen molar-refractivity contribution in [3.05, 3.63) is 47.9 Å². The number of rotatable bonds is 9. The van der Waals surface area contributed by atoms with Gasteiger partial charge in [-0.25, -0.2) is 4.98 Å². The smallest absolute Gasteiger partial charge is 0.325 e. The highest BCUT2D eigenvalue weighted by atomic mass is 16.6. The van der Waals surface area contributed by atoms with E-state index in [0.717, 1.165) is 5.56 Å². The molecular weight excluding hydrogens is 380 g/mol. The highest BCUT2D eigenvalue weighted by Gasteiger charge is 2.31. The first-order valence-corrected chi connectivity index (χ1v) is 9.20. The third kappa shape index (κ3) is 5.31. The summed E-state index contributed by atoms with van der Waals surface area (Å²) in [7, 11) is 0. The SMILES string of the molecule is NC(=O)c1ncn([C@H]2CC[C@@H](COC(=O)[C@@H](N)COCc3ccccc3)O2)c1O. The molecular formula is C19H24N4O6. The molecule has 0 unspecified atom stereocenters. The minimum Gasteiger partial charge on any atom is -0.493 e. The molecule has 1 fully saturated rings. The number of esters is 1. The summed E-state index contributed by atoms with van der Waals surface area (Å²) in [6.07, 6.45) is 1.55. The van der Waals surface area contributed by atoms with Crippen LogP contribution in [0.1, 0.15) is 35.1 Å². The van der Waals surface area contributed by atoms with E-state index in [4.69, 9.17) is 25.7 Å². The van der Waals surface area contributed by atoms with Crippen LogP contribution in [0.5, 0.6) is 5.88 Å². The molecule has 1 aromatic carbocycles. The molecule has 1 aromatic heterocycles. The van der Waals surface area contributed by atoms with Gasteiger partial charge >= 0.3 is 5.97 Å². The fourth-order valence-corrected chi connectivity index (χ4v) is 2.98. The van der Waals surface area contributed by atoms with E-state index in [1.54, 1.807) is 0 Å². The van der Waals surface area contributed by atoms with Crippen LogP contribution in [-0.4, -0.2) is 51.9 Å². The summed E-state index contributed by atoms with van der Waals surface area (Å²) < 4.78 is 17.7. The van der Waals surface area contributed by atoms with E-state index in [1.165, 1.54) is 10.9 Å². The van der Waals surface area contributed by atoms with Gasteiger partial charge in [0.15, 0.2) is 5.69 Å². The van der Waals surface area contributed by atoms with Gasteiger partial charge in [0.25, 0.3) is 5.91 Å². The van der Waals surface area contributed by atoms with Crippen LogP contribution < -0.4 is 11.5 Å². The lowest BCUT2D eigenvalue weighted by molar-refractivity contribution is -0.151. The van der Waals surface area contributed by atoms with Gasteiger partial charge in [0.2, 0.25) is 5.88 Å². The summed E-state index contributed by atoms with van der Waals surface area (Å²) in [5, 5.41) is 10.0. The molecule has 5 N–H and O–H groups in total. The molecule has 2 aromatic rings. The molecule has 2 heterocycles. The predicted molar refractivity (Wildman–Crippen MR) is 101 cm³/mol. The number of imidazole rings is 1. The van der Waals surface area contributed by atoms with Crippen LogP contribution in [0.25, 0.3) is 0 Å². The molecule has 0 aliphatic carbocycles. The van der Waals surface area contributed by atoms with Gasteiger partial charge in [-0.1, -0.05) is 30.3 Å². The number of ether oxygens (including phenoxy) is 3. The lowest BCUT2D eigenvalue weighted by Crippen LogP contribution is -2.38. The van der Waals surface area contributed by atoms with Crippen molar-refractivity contribution in [2.45, 2.75) is 37.8 Å². The van der Waals surface area contributed by atoms with Crippen LogP contribution in [0.3, 0.4) is 0 Å². The molecule has 0 radical (unpaired) electrons. The second kappa shape index (κ2) is 9.50. The number of nitrogens with zero attached hydrogens (tertiary/aromatic N) is 2. The van der Waals surface area contributed by atoms with Crippen molar-refractivity contribution in [2.75, 3.05) is 13.2 Å². The van der Waals surface area contributed by atoms with Crippen molar-refractivity contribution in [3.63, 3.8) is 0 Å². The number of aromatic hydroxyl groups is 1. The van der Waals surface area contributed by atoms with Gasteiger partial charge in [0.1, 0.15) is 25.2 Å². The molecule has 3 rings (SSSR count). The fraction of sp³-hybridized carbons (Fsp3) is 0.421. The second-order valence-electron chi connectivity index (χ2n) is 6.72. The summed E-state index contributed by atoms with van der Waals surface area (Å²) in [6.45, 7) is 0.428. The number of carbonyl (C=O) groups is 2. The van der Waals surface area contributed by atoms with Gasteiger partial charge < -0.3 is 30.8 Å². The second-order valence-corrected chi connectivity index (χ2v) is 6.72. The molecule has 1 aliphatic heterocycles. The maximum absolute atomic E-state index is 12.0. The first-order chi connectivity index (χ1) is 14.0. The number of benzene rings is 1. The first kappa shape index (κ1) is 20.8. The van der Waals surface area contributed by atoms with Crippen molar-refractivity contribution in [2.24, 2.45) is 11.5 Å². The maximum atomic E-state index is 12.0. The van der Waals surface area contributed by atoms with E-state index in [-0.39, 0.29) is 30.9 Å². The summed E-state index contributed by atoms with van der Waals surface area (Å²) in [4.78, 5) is 27.0. The Labute approximate surface area is 167 Å². The Balaban J connectivity index is 1.40. The fourth-order valence-electron chi connectivity index (χ4n) is 2.98. The first-order valence-electron chi connectivity index (χ1n) is 9.20. The molecule has 1 amide bonds. The van der Waals surface area contributed by atoms with Gasteiger partial charge in [-0.3, -0.25) is 14.2 Å². The number of nitrogens with two attached hydrogens (primary N) is 2. The van der Waals surface area contributed by atoms with Crippen LogP contribution in [0, 0.1) is 0 Å². The van der Waals surface area contributed by atoms with Crippen molar-refractivity contribution in [3.8, 4) is 5.88 Å². The van der Waals surface area contributed by atoms with E-state index in [1.807, 2.05) is 30.3 Å². The number of amides is 1. The lowest BCUT2D eigenvalue weighted by atomic mass is 10.2. The molecule has 10 heteroatoms. The number of aromatic nitrogens is 2. The molecule has 10 nitrogen and oxygen atoms in total. The Morgan fingerprint density at radius 3 is 2.76 bits per heavy atom. The van der Waals surface area contributed by atoms with Crippen molar-refractivity contribution in [1.82, 2.24) is 9.55 Å². The monoisotopic (exact) mass is 404 g/mol. The predicted octanol–water partition coefficient (Wildman–Crippen LogP) is 0.453. The van der Waals surface area contributed by atoms with Crippen molar-refractivity contribution < 1.29 is 28.9 Å². The minimum atomic E-state index is -0.897. The molecule has 29 heavy (non-hydrogen) atoms. The molecule has 1 saturated heterocycles. The average molecular weight is 404 g/mol. The summed E-state index contributed by atoms with van der Waals surface area (Å²) in [5.41, 5.74) is 11.7. The van der Waals surface area contributed by atoms with Crippen molar-refractivity contribution >= 4 is 11.9 Å². The highest BCUT2D eigenvalue weighted by Crippen LogP contribution is 2.32. The van der Waals surface area contributed by atoms with E-state index in [2.05, 4.69) is 4.98 Å². The topological polar surface area (TPSA) is 152 Å². The molecule has 0 spiro atoms. The highest BCUT2D eigenvalue weighted by molar-refractivity contribution is 5.93. The molecule has 0 saturated carbocycles. The van der Waals surface area contributed by atoms with Gasteiger partial charge in [0.05, 0.1) is 19.3 Å². The van der Waals surface area contributed by atoms with Crippen LogP contribution >= 0.6 is 0 Å². The van der Waals surface area contributed by atoms with E-state index in [0.29, 0.717) is 19.4 Å². The zero-order chi connectivity index (χ0) is 20.8. The number of primary amides is 1. The average Bonchev–Trinajstić information content (AvgIpc) is 3.33. The zero-order valence-corrected chi connectivity index (χ0v) is 15.8. The Morgan fingerprint density at radius 1 is 1.31 bits per heavy atom. The number of carbonyl (C=O) groups excluding carboxylic acids is 2. The van der Waals surface area contributed by atoms with E-state index in [9.17, 15) is 14.7 Å². The lowest BCUT2D eigenvalue weighted by Gasteiger charge is -2.17.